The van der Waals surface area contributed by atoms with Crippen molar-refractivity contribution in [1.82, 2.24) is 10.2 Å². The molecule has 0 atom stereocenters. The predicted molar refractivity (Wildman–Crippen MR) is 93.2 cm³/mol. The predicted octanol–water partition coefficient (Wildman–Crippen LogP) is 2.84. The number of nitrogens with one attached hydrogen (secondary N) is 1. The van der Waals surface area contributed by atoms with E-state index < -0.39 is 0 Å². The lowest BCUT2D eigenvalue weighted by Gasteiger charge is -2.27. The molecule has 0 saturated carbocycles. The van der Waals surface area contributed by atoms with E-state index in [-0.39, 0.29) is 24.4 Å². The summed E-state index contributed by atoms with van der Waals surface area (Å²) in [7, 11) is 0. The third-order valence-corrected chi connectivity index (χ3v) is 4.37. The van der Waals surface area contributed by atoms with Gasteiger partial charge in [0, 0.05) is 17.5 Å². The third-order valence-electron chi connectivity index (χ3n) is 3.49. The van der Waals surface area contributed by atoms with E-state index in [2.05, 4.69) is 5.32 Å². The molecule has 5 heteroatoms. The van der Waals surface area contributed by atoms with Crippen molar-refractivity contribution in [3.63, 3.8) is 0 Å². The Morgan fingerprint density at radius 1 is 1.13 bits per heavy atom. The molecule has 0 aliphatic carbocycles. The minimum atomic E-state index is -0.121. The molecule has 1 aromatic carbocycles. The van der Waals surface area contributed by atoms with E-state index in [1.807, 2.05) is 61.7 Å². The fourth-order valence-electron chi connectivity index (χ4n) is 2.25. The summed E-state index contributed by atoms with van der Waals surface area (Å²) >= 11 is 1.54. The van der Waals surface area contributed by atoms with E-state index in [4.69, 9.17) is 0 Å². The number of carbonyl (C=O) groups is 2. The summed E-state index contributed by atoms with van der Waals surface area (Å²) < 4.78 is 0. The molecule has 0 radical (unpaired) electrons. The number of amides is 2. The molecule has 2 rings (SSSR count). The largest absolute Gasteiger partial charge is 0.347 e. The highest BCUT2D eigenvalue weighted by atomic mass is 32.1. The first-order chi connectivity index (χ1) is 11.1. The van der Waals surface area contributed by atoms with Gasteiger partial charge in [0.1, 0.15) is 0 Å². The summed E-state index contributed by atoms with van der Waals surface area (Å²) in [6.45, 7) is 4.55. The lowest BCUT2D eigenvalue weighted by molar-refractivity contribution is -0.134. The second kappa shape index (κ2) is 8.48. The molecule has 0 aliphatic rings. The van der Waals surface area contributed by atoms with Crippen LogP contribution in [-0.2, 0) is 22.6 Å². The van der Waals surface area contributed by atoms with Crippen molar-refractivity contribution in [2.24, 2.45) is 0 Å². The zero-order chi connectivity index (χ0) is 16.7. The van der Waals surface area contributed by atoms with Crippen LogP contribution < -0.4 is 5.32 Å². The van der Waals surface area contributed by atoms with E-state index in [9.17, 15) is 9.59 Å². The first-order valence-electron chi connectivity index (χ1n) is 7.68. The summed E-state index contributed by atoms with van der Waals surface area (Å²) in [6, 6.07) is 13.8. The smallest absolute Gasteiger partial charge is 0.242 e. The van der Waals surface area contributed by atoms with Gasteiger partial charge in [-0.15, -0.1) is 11.3 Å². The Morgan fingerprint density at radius 2 is 1.87 bits per heavy atom. The van der Waals surface area contributed by atoms with E-state index in [1.165, 1.54) is 0 Å². The SMILES string of the molecule is CC(C)N(Cc1ccccc1)C(=O)CNC(=O)Cc1cccs1. The second-order valence-corrected chi connectivity index (χ2v) is 6.67. The first kappa shape index (κ1) is 17.2. The zero-order valence-electron chi connectivity index (χ0n) is 13.5. The number of thiophene rings is 1. The van der Waals surface area contributed by atoms with Crippen LogP contribution in [0.1, 0.15) is 24.3 Å². The summed E-state index contributed by atoms with van der Waals surface area (Å²) in [4.78, 5) is 27.1. The molecule has 2 amide bonds. The highest BCUT2D eigenvalue weighted by Gasteiger charge is 2.18. The van der Waals surface area contributed by atoms with Gasteiger partial charge in [0.25, 0.3) is 0 Å². The summed E-state index contributed by atoms with van der Waals surface area (Å²) in [5.74, 6) is -0.187. The fourth-order valence-corrected chi connectivity index (χ4v) is 2.95. The molecule has 2 aromatic rings. The van der Waals surface area contributed by atoms with Gasteiger partial charge in [0.05, 0.1) is 13.0 Å². The van der Waals surface area contributed by atoms with Crippen molar-refractivity contribution in [2.45, 2.75) is 32.9 Å². The van der Waals surface area contributed by atoms with Crippen molar-refractivity contribution < 1.29 is 9.59 Å². The van der Waals surface area contributed by atoms with Crippen LogP contribution in [0.15, 0.2) is 47.8 Å². The Hall–Kier alpha value is -2.14. The van der Waals surface area contributed by atoms with Crippen LogP contribution in [0.25, 0.3) is 0 Å². The normalized spacial score (nSPS) is 10.6. The van der Waals surface area contributed by atoms with Gasteiger partial charge < -0.3 is 10.2 Å². The number of hydrogen-bond acceptors (Lipinski definition) is 3. The van der Waals surface area contributed by atoms with Crippen molar-refractivity contribution in [1.29, 1.82) is 0 Å². The molecule has 0 spiro atoms. The van der Waals surface area contributed by atoms with Gasteiger partial charge in [-0.1, -0.05) is 36.4 Å². The monoisotopic (exact) mass is 330 g/mol. The molecular formula is C18H22N2O2S. The molecule has 1 N–H and O–H groups in total. The molecule has 23 heavy (non-hydrogen) atoms. The molecule has 1 heterocycles. The molecule has 0 aliphatic heterocycles. The molecule has 1 aromatic heterocycles. The number of rotatable bonds is 7. The number of benzene rings is 1. The molecule has 4 nitrogen and oxygen atoms in total. The number of carbonyl (C=O) groups excluding carboxylic acids is 2. The van der Waals surface area contributed by atoms with Crippen molar-refractivity contribution in [3.05, 3.63) is 58.3 Å². The van der Waals surface area contributed by atoms with Gasteiger partial charge >= 0.3 is 0 Å². The molecular weight excluding hydrogens is 308 g/mol. The van der Waals surface area contributed by atoms with Crippen LogP contribution in [0, 0.1) is 0 Å². The van der Waals surface area contributed by atoms with E-state index in [0.717, 1.165) is 10.4 Å². The lowest BCUT2D eigenvalue weighted by Crippen LogP contribution is -2.43. The van der Waals surface area contributed by atoms with Crippen LogP contribution in [0.2, 0.25) is 0 Å². The quantitative estimate of drug-likeness (QED) is 0.849. The average Bonchev–Trinajstić information content (AvgIpc) is 3.04. The zero-order valence-corrected chi connectivity index (χ0v) is 14.3. The van der Waals surface area contributed by atoms with Crippen LogP contribution >= 0.6 is 11.3 Å². The van der Waals surface area contributed by atoms with Crippen molar-refractivity contribution in [3.8, 4) is 0 Å². The molecule has 0 fully saturated rings. The first-order valence-corrected chi connectivity index (χ1v) is 8.56. The van der Waals surface area contributed by atoms with Crippen LogP contribution in [0.5, 0.6) is 0 Å². The van der Waals surface area contributed by atoms with Gasteiger partial charge in [-0.25, -0.2) is 0 Å². The molecule has 0 bridgehead atoms. The van der Waals surface area contributed by atoms with Crippen molar-refractivity contribution in [2.75, 3.05) is 6.54 Å². The van der Waals surface area contributed by atoms with Crippen LogP contribution in [-0.4, -0.2) is 29.3 Å². The van der Waals surface area contributed by atoms with Crippen LogP contribution in [0.4, 0.5) is 0 Å². The topological polar surface area (TPSA) is 49.4 Å². The Bertz CT molecular complexity index is 624. The maximum Gasteiger partial charge on any atom is 0.242 e. The molecule has 0 unspecified atom stereocenters. The van der Waals surface area contributed by atoms with E-state index in [0.29, 0.717) is 13.0 Å². The highest BCUT2D eigenvalue weighted by Crippen LogP contribution is 2.10. The minimum Gasteiger partial charge on any atom is -0.347 e. The highest BCUT2D eigenvalue weighted by molar-refractivity contribution is 7.10. The number of nitrogens with zero attached hydrogens (tertiary/aromatic N) is 1. The fraction of sp³-hybridized carbons (Fsp3) is 0.333. The van der Waals surface area contributed by atoms with Gasteiger partial charge in [0.2, 0.25) is 11.8 Å². The third kappa shape index (κ3) is 5.53. The van der Waals surface area contributed by atoms with Crippen LogP contribution in [0.3, 0.4) is 0 Å². The minimum absolute atomic E-state index is 0.0369. The maximum atomic E-state index is 12.4. The Labute approximate surface area is 141 Å². The molecule has 122 valence electrons. The Balaban J connectivity index is 1.87. The van der Waals surface area contributed by atoms with E-state index in [1.54, 1.807) is 16.2 Å². The van der Waals surface area contributed by atoms with Gasteiger partial charge in [-0.2, -0.15) is 0 Å². The van der Waals surface area contributed by atoms with Gasteiger partial charge in [-0.05, 0) is 30.9 Å². The summed E-state index contributed by atoms with van der Waals surface area (Å²) in [6.07, 6.45) is 0.325. The van der Waals surface area contributed by atoms with Gasteiger partial charge in [-0.3, -0.25) is 9.59 Å². The molecule has 0 saturated heterocycles. The maximum absolute atomic E-state index is 12.4. The van der Waals surface area contributed by atoms with Crippen molar-refractivity contribution >= 4 is 23.2 Å². The lowest BCUT2D eigenvalue weighted by atomic mass is 10.2. The Kier molecular flexibility index (Phi) is 6.35. The Morgan fingerprint density at radius 3 is 2.48 bits per heavy atom. The van der Waals surface area contributed by atoms with Gasteiger partial charge in [0.15, 0.2) is 0 Å². The number of hydrogen-bond donors (Lipinski definition) is 1. The standard InChI is InChI=1S/C18H22N2O2S/c1-14(2)20(13-15-7-4-3-5-8-15)18(22)12-19-17(21)11-16-9-6-10-23-16/h3-10,14H,11-13H2,1-2H3,(H,19,21). The summed E-state index contributed by atoms with van der Waals surface area (Å²) in [5, 5.41) is 4.66. The summed E-state index contributed by atoms with van der Waals surface area (Å²) in [5.41, 5.74) is 1.08. The second-order valence-electron chi connectivity index (χ2n) is 5.63. The van der Waals surface area contributed by atoms with E-state index >= 15 is 0 Å². The average molecular weight is 330 g/mol.